The summed E-state index contributed by atoms with van der Waals surface area (Å²) >= 11 is 0. The van der Waals surface area contributed by atoms with Gasteiger partial charge in [-0.3, -0.25) is 14.4 Å². The Kier molecular flexibility index (Phi) is 13.5. The minimum atomic E-state index is -1.35. The van der Waals surface area contributed by atoms with Crippen LogP contribution in [0.4, 0.5) is 4.79 Å². The van der Waals surface area contributed by atoms with Gasteiger partial charge in [-0.05, 0) is 42.4 Å². The summed E-state index contributed by atoms with van der Waals surface area (Å²) in [6.45, 7) is 9.31. The van der Waals surface area contributed by atoms with Crippen molar-refractivity contribution in [1.29, 1.82) is 0 Å². The highest BCUT2D eigenvalue weighted by molar-refractivity contribution is 5.77. The van der Waals surface area contributed by atoms with Crippen molar-refractivity contribution < 1.29 is 43.2 Å². The Morgan fingerprint density at radius 1 is 0.889 bits per heavy atom. The van der Waals surface area contributed by atoms with Gasteiger partial charge in [0.05, 0.1) is 13.2 Å². The van der Waals surface area contributed by atoms with E-state index in [0.29, 0.717) is 18.4 Å². The van der Waals surface area contributed by atoms with Gasteiger partial charge in [0.15, 0.2) is 11.5 Å². The highest BCUT2D eigenvalue weighted by Gasteiger charge is 2.33. The molecule has 36 heavy (non-hydrogen) atoms. The van der Waals surface area contributed by atoms with Gasteiger partial charge < -0.3 is 29.8 Å². The van der Waals surface area contributed by atoms with Crippen molar-refractivity contribution >= 4 is 24.1 Å². The number of hydrogen-bond acceptors (Lipinski definition) is 9. The summed E-state index contributed by atoms with van der Waals surface area (Å²) in [5.41, 5.74) is 6.43. The summed E-state index contributed by atoms with van der Waals surface area (Å²) in [5, 5.41) is 9.62. The van der Waals surface area contributed by atoms with Crippen LogP contribution in [0.15, 0.2) is 18.2 Å². The molecular formula is C26H39NO9. The fourth-order valence-electron chi connectivity index (χ4n) is 3.37. The predicted octanol–water partition coefficient (Wildman–Crippen LogP) is 4.43. The van der Waals surface area contributed by atoms with Crippen LogP contribution in [-0.4, -0.2) is 48.4 Å². The Labute approximate surface area is 212 Å². The lowest BCUT2D eigenvalue weighted by Crippen LogP contribution is -2.40. The molecule has 3 N–H and O–H groups in total. The van der Waals surface area contributed by atoms with E-state index in [9.17, 15) is 24.3 Å². The SMILES string of the molecule is CCCC(=O)Oc1ccc(C(C(C)COC(=O)OCC(C)CC)[C@H](N)C(=O)O)cc1OC(=O)CCC. The molecule has 0 aliphatic carbocycles. The number of hydrogen-bond donors (Lipinski definition) is 2. The average molecular weight is 510 g/mol. The van der Waals surface area contributed by atoms with Crippen LogP contribution in [0.5, 0.6) is 11.5 Å². The summed E-state index contributed by atoms with van der Waals surface area (Å²) < 4.78 is 21.1. The third-order valence-corrected chi connectivity index (χ3v) is 5.64. The number of carbonyl (C=O) groups is 4. The fraction of sp³-hybridized carbons (Fsp3) is 0.615. The number of ether oxygens (including phenoxy) is 4. The molecule has 0 spiro atoms. The zero-order valence-corrected chi connectivity index (χ0v) is 21.8. The van der Waals surface area contributed by atoms with Crippen molar-refractivity contribution in [3.05, 3.63) is 23.8 Å². The standard InChI is InChI=1S/C26H39NO9/c1-6-9-21(28)35-19-12-11-18(13-20(19)36-22(29)10-7-2)23(24(27)25(30)31)17(5)15-34-26(32)33-14-16(4)8-3/h11-13,16-17,23-24H,6-10,14-15,27H2,1-5H3,(H,30,31)/t16?,17?,23?,24-/m0/s1. The van der Waals surface area contributed by atoms with Gasteiger partial charge in [-0.15, -0.1) is 0 Å². The fourth-order valence-corrected chi connectivity index (χ4v) is 3.37. The number of carboxylic acids is 1. The molecule has 202 valence electrons. The smallest absolute Gasteiger partial charge is 0.480 e. The molecule has 0 saturated carbocycles. The van der Waals surface area contributed by atoms with E-state index in [-0.39, 0.29) is 43.5 Å². The van der Waals surface area contributed by atoms with Gasteiger partial charge in [-0.25, -0.2) is 4.79 Å². The molecule has 0 heterocycles. The predicted molar refractivity (Wildman–Crippen MR) is 132 cm³/mol. The molecule has 0 radical (unpaired) electrons. The third-order valence-electron chi connectivity index (χ3n) is 5.64. The van der Waals surface area contributed by atoms with E-state index in [4.69, 9.17) is 24.7 Å². The monoisotopic (exact) mass is 509 g/mol. The lowest BCUT2D eigenvalue weighted by atomic mass is 9.82. The van der Waals surface area contributed by atoms with E-state index in [1.165, 1.54) is 12.1 Å². The lowest BCUT2D eigenvalue weighted by molar-refractivity contribution is -0.139. The highest BCUT2D eigenvalue weighted by Crippen LogP contribution is 2.36. The lowest BCUT2D eigenvalue weighted by Gasteiger charge is -2.28. The van der Waals surface area contributed by atoms with Crippen molar-refractivity contribution in [2.75, 3.05) is 13.2 Å². The molecule has 10 nitrogen and oxygen atoms in total. The zero-order chi connectivity index (χ0) is 27.3. The molecule has 4 atom stereocenters. The molecule has 0 aromatic heterocycles. The van der Waals surface area contributed by atoms with Gasteiger partial charge in [0.1, 0.15) is 6.04 Å². The number of benzene rings is 1. The first-order chi connectivity index (χ1) is 17.0. The Hall–Kier alpha value is -3.14. The maximum absolute atomic E-state index is 12.2. The molecule has 3 unspecified atom stereocenters. The normalized spacial score (nSPS) is 14.2. The van der Waals surface area contributed by atoms with Crippen LogP contribution in [0.3, 0.4) is 0 Å². The molecular weight excluding hydrogens is 470 g/mol. The molecule has 0 amide bonds. The first-order valence-electron chi connectivity index (χ1n) is 12.4. The Morgan fingerprint density at radius 2 is 1.44 bits per heavy atom. The maximum Gasteiger partial charge on any atom is 0.508 e. The first kappa shape index (κ1) is 30.9. The van der Waals surface area contributed by atoms with E-state index in [0.717, 1.165) is 6.42 Å². The quantitative estimate of drug-likeness (QED) is 0.256. The number of carbonyl (C=O) groups excluding carboxylic acids is 3. The molecule has 1 rings (SSSR count). The molecule has 10 heteroatoms. The average Bonchev–Trinajstić information content (AvgIpc) is 2.82. The summed E-state index contributed by atoms with van der Waals surface area (Å²) in [7, 11) is 0. The second kappa shape index (κ2) is 15.8. The molecule has 1 aromatic rings. The van der Waals surface area contributed by atoms with Crippen molar-refractivity contribution in [2.45, 2.75) is 78.7 Å². The zero-order valence-electron chi connectivity index (χ0n) is 21.8. The van der Waals surface area contributed by atoms with Gasteiger partial charge in [0.2, 0.25) is 0 Å². The van der Waals surface area contributed by atoms with Gasteiger partial charge in [-0.2, -0.15) is 0 Å². The van der Waals surface area contributed by atoms with E-state index in [2.05, 4.69) is 0 Å². The number of aliphatic carboxylic acids is 1. The summed E-state index contributed by atoms with van der Waals surface area (Å²) in [5.74, 6) is -3.43. The van der Waals surface area contributed by atoms with Crippen LogP contribution in [0, 0.1) is 11.8 Å². The van der Waals surface area contributed by atoms with Crippen LogP contribution in [0.1, 0.15) is 78.2 Å². The van der Waals surface area contributed by atoms with E-state index in [1.807, 2.05) is 27.7 Å². The number of carboxylic acid groups (broad SMARTS) is 1. The summed E-state index contributed by atoms with van der Waals surface area (Å²) in [6.07, 6.45) is 1.45. The van der Waals surface area contributed by atoms with Crippen LogP contribution in [0.2, 0.25) is 0 Å². The van der Waals surface area contributed by atoms with Gasteiger partial charge in [0.25, 0.3) is 0 Å². The maximum atomic E-state index is 12.2. The van der Waals surface area contributed by atoms with Crippen LogP contribution in [-0.2, 0) is 23.9 Å². The topological polar surface area (TPSA) is 151 Å². The Bertz CT molecular complexity index is 886. The van der Waals surface area contributed by atoms with Crippen LogP contribution < -0.4 is 15.2 Å². The van der Waals surface area contributed by atoms with Crippen molar-refractivity contribution in [3.63, 3.8) is 0 Å². The van der Waals surface area contributed by atoms with Gasteiger partial charge in [-0.1, -0.05) is 47.1 Å². The van der Waals surface area contributed by atoms with Gasteiger partial charge >= 0.3 is 24.1 Å². The Morgan fingerprint density at radius 3 is 1.97 bits per heavy atom. The third kappa shape index (κ3) is 10.2. The number of nitrogens with two attached hydrogens (primary N) is 1. The minimum absolute atomic E-state index is 0.0147. The summed E-state index contributed by atoms with van der Waals surface area (Å²) in [4.78, 5) is 48.0. The summed E-state index contributed by atoms with van der Waals surface area (Å²) in [6, 6.07) is 3.07. The number of rotatable bonds is 15. The van der Waals surface area contributed by atoms with Crippen molar-refractivity contribution in [1.82, 2.24) is 0 Å². The van der Waals surface area contributed by atoms with E-state index < -0.39 is 41.9 Å². The Balaban J connectivity index is 3.21. The molecule has 0 saturated heterocycles. The molecule has 0 aliphatic heterocycles. The second-order valence-electron chi connectivity index (χ2n) is 8.91. The van der Waals surface area contributed by atoms with Crippen LogP contribution in [0.25, 0.3) is 0 Å². The second-order valence-corrected chi connectivity index (χ2v) is 8.91. The van der Waals surface area contributed by atoms with E-state index >= 15 is 0 Å². The van der Waals surface area contributed by atoms with Gasteiger partial charge in [0, 0.05) is 18.8 Å². The molecule has 1 aromatic carbocycles. The minimum Gasteiger partial charge on any atom is -0.480 e. The number of esters is 2. The molecule has 0 aliphatic rings. The molecule has 0 fully saturated rings. The van der Waals surface area contributed by atoms with E-state index in [1.54, 1.807) is 13.0 Å². The van der Waals surface area contributed by atoms with Crippen molar-refractivity contribution in [2.24, 2.45) is 17.6 Å². The highest BCUT2D eigenvalue weighted by atomic mass is 16.7. The van der Waals surface area contributed by atoms with Crippen LogP contribution >= 0.6 is 0 Å². The largest absolute Gasteiger partial charge is 0.508 e. The first-order valence-corrected chi connectivity index (χ1v) is 12.4. The van der Waals surface area contributed by atoms with Crippen molar-refractivity contribution in [3.8, 4) is 11.5 Å². The molecule has 0 bridgehead atoms.